The largest absolute Gasteiger partial charge is 0.347 e. The van der Waals surface area contributed by atoms with E-state index in [9.17, 15) is 4.79 Å². The fourth-order valence-corrected chi connectivity index (χ4v) is 2.06. The maximum Gasteiger partial charge on any atom is 0.272 e. The average Bonchev–Trinajstić information content (AvgIpc) is 2.62. The summed E-state index contributed by atoms with van der Waals surface area (Å²) in [6.07, 6.45) is 2.67. The molecule has 1 amide bonds. The maximum absolute atomic E-state index is 12.0. The third-order valence-electron chi connectivity index (χ3n) is 2.69. The lowest BCUT2D eigenvalue weighted by molar-refractivity contribution is 0.0895. The topological polar surface area (TPSA) is 46.9 Å². The van der Waals surface area contributed by atoms with E-state index in [0.29, 0.717) is 5.69 Å². The van der Waals surface area contributed by atoms with Crippen molar-refractivity contribution >= 4 is 21.8 Å². The van der Waals surface area contributed by atoms with Crippen molar-refractivity contribution in [3.63, 3.8) is 0 Å². The van der Waals surface area contributed by atoms with Crippen LogP contribution in [0.3, 0.4) is 0 Å². The number of carbonyl (C=O) groups is 1. The molecule has 0 aromatic carbocycles. The molecule has 1 atom stereocenters. The molecule has 0 saturated carbocycles. The molecular formula is C12H20BrN3O. The Morgan fingerprint density at radius 2 is 2.24 bits per heavy atom. The fraction of sp³-hybridized carbons (Fsp3) is 0.667. The lowest BCUT2D eigenvalue weighted by Crippen LogP contribution is -2.44. The second kappa shape index (κ2) is 5.67. The number of carbonyl (C=O) groups excluding carboxylic acids is 1. The molecular weight excluding hydrogens is 282 g/mol. The van der Waals surface area contributed by atoms with E-state index < -0.39 is 0 Å². The highest BCUT2D eigenvalue weighted by atomic mass is 79.9. The van der Waals surface area contributed by atoms with Crippen molar-refractivity contribution in [2.45, 2.75) is 33.2 Å². The van der Waals surface area contributed by atoms with E-state index in [2.05, 4.69) is 47.1 Å². The van der Waals surface area contributed by atoms with Crippen molar-refractivity contribution in [2.75, 3.05) is 5.33 Å². The highest BCUT2D eigenvalue weighted by Gasteiger charge is 2.26. The van der Waals surface area contributed by atoms with Crippen molar-refractivity contribution in [1.29, 1.82) is 0 Å². The third-order valence-corrected chi connectivity index (χ3v) is 3.15. The number of hydrogen-bond acceptors (Lipinski definition) is 2. The molecule has 5 heteroatoms. The van der Waals surface area contributed by atoms with Gasteiger partial charge in [-0.15, -0.1) is 0 Å². The number of aryl methyl sites for hydroxylation is 1. The van der Waals surface area contributed by atoms with Gasteiger partial charge >= 0.3 is 0 Å². The van der Waals surface area contributed by atoms with Gasteiger partial charge in [0.1, 0.15) is 5.69 Å². The van der Waals surface area contributed by atoms with Crippen LogP contribution in [0.2, 0.25) is 0 Å². The molecule has 0 spiro atoms. The highest BCUT2D eigenvalue weighted by Crippen LogP contribution is 2.22. The summed E-state index contributed by atoms with van der Waals surface area (Å²) in [7, 11) is 1.80. The van der Waals surface area contributed by atoms with Crippen LogP contribution in [0, 0.1) is 5.41 Å². The van der Waals surface area contributed by atoms with Crippen LogP contribution in [-0.4, -0.2) is 27.1 Å². The summed E-state index contributed by atoms with van der Waals surface area (Å²) in [6, 6.07) is 1.86. The molecule has 17 heavy (non-hydrogen) atoms. The first-order chi connectivity index (χ1) is 7.84. The van der Waals surface area contributed by atoms with Crippen molar-refractivity contribution in [2.24, 2.45) is 12.5 Å². The molecule has 1 N–H and O–H groups in total. The Labute approximate surface area is 111 Å². The average molecular weight is 302 g/mol. The predicted octanol–water partition coefficient (Wildman–Crippen LogP) is 2.35. The first-order valence-electron chi connectivity index (χ1n) is 5.71. The van der Waals surface area contributed by atoms with Gasteiger partial charge in [-0.3, -0.25) is 9.48 Å². The SMILES string of the molecule is Cn1ccc(C(=O)NC(CCBr)C(C)(C)C)n1. The Balaban J connectivity index is 2.71. The number of rotatable bonds is 4. The van der Waals surface area contributed by atoms with E-state index in [1.54, 1.807) is 24.0 Å². The molecule has 1 rings (SSSR count). The summed E-state index contributed by atoms with van der Waals surface area (Å²) in [4.78, 5) is 12.0. The molecule has 4 nitrogen and oxygen atoms in total. The van der Waals surface area contributed by atoms with Gasteiger partial charge in [-0.2, -0.15) is 5.10 Å². The van der Waals surface area contributed by atoms with E-state index in [-0.39, 0.29) is 17.4 Å². The normalized spacial score (nSPS) is 13.5. The van der Waals surface area contributed by atoms with Crippen molar-refractivity contribution < 1.29 is 4.79 Å². The molecule has 1 unspecified atom stereocenters. The van der Waals surface area contributed by atoms with Gasteiger partial charge in [0.2, 0.25) is 0 Å². The van der Waals surface area contributed by atoms with Crippen LogP contribution < -0.4 is 5.32 Å². The first-order valence-corrected chi connectivity index (χ1v) is 6.83. The molecule has 1 aromatic rings. The fourth-order valence-electron chi connectivity index (χ4n) is 1.60. The van der Waals surface area contributed by atoms with Crippen molar-refractivity contribution in [3.8, 4) is 0 Å². The maximum atomic E-state index is 12.0. The van der Waals surface area contributed by atoms with Crippen LogP contribution >= 0.6 is 15.9 Å². The number of alkyl halides is 1. The number of halogens is 1. The molecule has 0 bridgehead atoms. The quantitative estimate of drug-likeness (QED) is 0.868. The number of aromatic nitrogens is 2. The minimum Gasteiger partial charge on any atom is -0.347 e. The molecule has 0 aliphatic rings. The summed E-state index contributed by atoms with van der Waals surface area (Å²) < 4.78 is 1.63. The van der Waals surface area contributed by atoms with Crippen LogP contribution in [-0.2, 0) is 7.05 Å². The van der Waals surface area contributed by atoms with Crippen LogP contribution in [0.15, 0.2) is 12.3 Å². The monoisotopic (exact) mass is 301 g/mol. The van der Waals surface area contributed by atoms with E-state index in [1.165, 1.54) is 0 Å². The zero-order chi connectivity index (χ0) is 13.1. The Bertz CT molecular complexity index is 381. The van der Waals surface area contributed by atoms with Crippen molar-refractivity contribution in [1.82, 2.24) is 15.1 Å². The molecule has 0 aliphatic heterocycles. The molecule has 1 aromatic heterocycles. The molecule has 0 aliphatic carbocycles. The third kappa shape index (κ3) is 4.15. The Kier molecular flexibility index (Phi) is 4.74. The summed E-state index contributed by atoms with van der Waals surface area (Å²) in [5.41, 5.74) is 0.509. The first kappa shape index (κ1) is 14.2. The molecule has 0 saturated heterocycles. The second-order valence-electron chi connectivity index (χ2n) is 5.24. The van der Waals surface area contributed by atoms with Gasteiger partial charge in [-0.25, -0.2) is 0 Å². The van der Waals surface area contributed by atoms with Crippen LogP contribution in [0.25, 0.3) is 0 Å². The van der Waals surface area contributed by atoms with Crippen LogP contribution in [0.4, 0.5) is 0 Å². The Hall–Kier alpha value is -0.840. The lowest BCUT2D eigenvalue weighted by Gasteiger charge is -2.30. The van der Waals surface area contributed by atoms with E-state index >= 15 is 0 Å². The van der Waals surface area contributed by atoms with Gasteiger partial charge in [0, 0.05) is 24.6 Å². The molecule has 0 fully saturated rings. The second-order valence-corrected chi connectivity index (χ2v) is 6.04. The molecule has 1 heterocycles. The molecule has 0 radical (unpaired) electrons. The number of hydrogen-bond donors (Lipinski definition) is 1. The van der Waals surface area contributed by atoms with Gasteiger partial charge < -0.3 is 5.32 Å². The Morgan fingerprint density at radius 1 is 1.59 bits per heavy atom. The van der Waals surface area contributed by atoms with Crippen molar-refractivity contribution in [3.05, 3.63) is 18.0 Å². The van der Waals surface area contributed by atoms with Gasteiger partial charge in [-0.1, -0.05) is 36.7 Å². The molecule has 96 valence electrons. The smallest absolute Gasteiger partial charge is 0.272 e. The van der Waals surface area contributed by atoms with E-state index in [0.717, 1.165) is 11.8 Å². The lowest BCUT2D eigenvalue weighted by atomic mass is 9.85. The van der Waals surface area contributed by atoms with Crippen LogP contribution in [0.5, 0.6) is 0 Å². The number of amides is 1. The minimum absolute atomic E-state index is 0.0399. The summed E-state index contributed by atoms with van der Waals surface area (Å²) in [6.45, 7) is 6.37. The van der Waals surface area contributed by atoms with Gasteiger partial charge in [0.15, 0.2) is 0 Å². The standard InChI is InChI=1S/C12H20BrN3O/c1-12(2,3)10(5-7-13)14-11(17)9-6-8-16(4)15-9/h6,8,10H,5,7H2,1-4H3,(H,14,17). The van der Waals surface area contributed by atoms with Gasteiger partial charge in [0.25, 0.3) is 5.91 Å². The zero-order valence-corrected chi connectivity index (χ0v) is 12.4. The predicted molar refractivity (Wildman–Crippen MR) is 72.3 cm³/mol. The van der Waals surface area contributed by atoms with E-state index in [1.807, 2.05) is 0 Å². The minimum atomic E-state index is -0.105. The van der Waals surface area contributed by atoms with E-state index in [4.69, 9.17) is 0 Å². The Morgan fingerprint density at radius 3 is 2.65 bits per heavy atom. The summed E-state index contributed by atoms with van der Waals surface area (Å²) >= 11 is 3.42. The zero-order valence-electron chi connectivity index (χ0n) is 10.8. The number of nitrogens with zero attached hydrogens (tertiary/aromatic N) is 2. The highest BCUT2D eigenvalue weighted by molar-refractivity contribution is 9.09. The van der Waals surface area contributed by atoms with Crippen LogP contribution in [0.1, 0.15) is 37.7 Å². The number of nitrogens with one attached hydrogen (secondary N) is 1. The summed E-state index contributed by atoms with van der Waals surface area (Å²) in [5.74, 6) is -0.105. The van der Waals surface area contributed by atoms with Gasteiger partial charge in [-0.05, 0) is 17.9 Å². The van der Waals surface area contributed by atoms with Gasteiger partial charge in [0.05, 0.1) is 0 Å². The summed E-state index contributed by atoms with van der Waals surface area (Å²) in [5, 5.41) is 8.01.